The van der Waals surface area contributed by atoms with Gasteiger partial charge in [0.2, 0.25) is 0 Å². The molecule has 4 heteroatoms. The minimum atomic E-state index is 0.549. The molecule has 1 aliphatic heterocycles. The Morgan fingerprint density at radius 1 is 1.12 bits per heavy atom. The highest BCUT2D eigenvalue weighted by atomic mass is 16.5. The van der Waals surface area contributed by atoms with E-state index in [1.165, 1.54) is 12.8 Å². The van der Waals surface area contributed by atoms with E-state index in [9.17, 15) is 0 Å². The van der Waals surface area contributed by atoms with E-state index in [0.717, 1.165) is 35.7 Å². The Balaban J connectivity index is 1.77. The number of piperidine rings is 1. The zero-order valence-electron chi connectivity index (χ0n) is 14.8. The van der Waals surface area contributed by atoms with Crippen LogP contribution in [0, 0.1) is 26.7 Å². The molecule has 0 saturated carbocycles. The lowest BCUT2D eigenvalue weighted by Crippen LogP contribution is -2.33. The molecule has 2 heterocycles. The quantitative estimate of drug-likeness (QED) is 0.895. The average molecular weight is 326 g/mol. The van der Waals surface area contributed by atoms with Crippen molar-refractivity contribution in [2.24, 2.45) is 5.92 Å². The third kappa shape index (κ3) is 4.06. The molecule has 128 valence electrons. The summed E-state index contributed by atoms with van der Waals surface area (Å²) in [5.74, 6) is 2.68. The highest BCUT2D eigenvalue weighted by molar-refractivity contribution is 5.45. The van der Waals surface area contributed by atoms with Crippen molar-refractivity contribution < 1.29 is 9.47 Å². The molecule has 24 heavy (non-hydrogen) atoms. The van der Waals surface area contributed by atoms with E-state index in [4.69, 9.17) is 9.47 Å². The van der Waals surface area contributed by atoms with E-state index >= 15 is 0 Å². The maximum Gasteiger partial charge on any atom is 0.262 e. The van der Waals surface area contributed by atoms with Crippen molar-refractivity contribution in [2.75, 3.05) is 19.7 Å². The molecule has 4 nitrogen and oxygen atoms in total. The Labute approximate surface area is 144 Å². The lowest BCUT2D eigenvalue weighted by molar-refractivity contribution is 0.211. The first kappa shape index (κ1) is 16.8. The molecular weight excluding hydrogens is 300 g/mol. The van der Waals surface area contributed by atoms with Crippen LogP contribution in [0.2, 0.25) is 0 Å². The molecule has 0 spiro atoms. The van der Waals surface area contributed by atoms with Crippen LogP contribution in [-0.2, 0) is 0 Å². The topological polar surface area (TPSA) is 43.4 Å². The zero-order chi connectivity index (χ0) is 16.9. The fourth-order valence-electron chi connectivity index (χ4n) is 3.03. The molecule has 0 radical (unpaired) electrons. The summed E-state index contributed by atoms with van der Waals surface area (Å²) in [6.07, 6.45) is 2.42. The van der Waals surface area contributed by atoms with Crippen LogP contribution in [0.1, 0.15) is 29.7 Å². The second-order valence-corrected chi connectivity index (χ2v) is 6.60. The molecule has 0 bridgehead atoms. The van der Waals surface area contributed by atoms with Gasteiger partial charge in [0.05, 0.1) is 6.61 Å². The Morgan fingerprint density at radius 2 is 1.92 bits per heavy atom. The van der Waals surface area contributed by atoms with Gasteiger partial charge in [-0.3, -0.25) is 0 Å². The Hall–Kier alpha value is -2.07. The van der Waals surface area contributed by atoms with E-state index in [1.807, 2.05) is 51.1 Å². The number of benzene rings is 1. The molecule has 1 saturated heterocycles. The maximum absolute atomic E-state index is 6.14. The zero-order valence-corrected chi connectivity index (χ0v) is 14.8. The molecule has 3 rings (SSSR count). The van der Waals surface area contributed by atoms with Gasteiger partial charge in [0.1, 0.15) is 5.75 Å². The third-order valence-electron chi connectivity index (χ3n) is 4.45. The Bertz CT molecular complexity index is 674. The predicted octanol–water partition coefficient (Wildman–Crippen LogP) is 4.18. The van der Waals surface area contributed by atoms with Crippen LogP contribution in [0.25, 0.3) is 0 Å². The normalized spacial score (nSPS) is 17.5. The number of aromatic nitrogens is 1. The summed E-state index contributed by atoms with van der Waals surface area (Å²) in [5.41, 5.74) is 3.12. The summed E-state index contributed by atoms with van der Waals surface area (Å²) in [6.45, 7) is 8.89. The van der Waals surface area contributed by atoms with E-state index < -0.39 is 0 Å². The van der Waals surface area contributed by atoms with Crippen LogP contribution < -0.4 is 14.8 Å². The van der Waals surface area contributed by atoms with Crippen LogP contribution in [-0.4, -0.2) is 24.7 Å². The van der Waals surface area contributed by atoms with Gasteiger partial charge in [-0.1, -0.05) is 18.2 Å². The van der Waals surface area contributed by atoms with E-state index in [0.29, 0.717) is 24.2 Å². The van der Waals surface area contributed by atoms with Gasteiger partial charge in [-0.2, -0.15) is 0 Å². The summed E-state index contributed by atoms with van der Waals surface area (Å²) in [6, 6.07) is 10.1. The van der Waals surface area contributed by atoms with Gasteiger partial charge in [-0.05, 0) is 63.4 Å². The highest BCUT2D eigenvalue weighted by Crippen LogP contribution is 2.33. The Kier molecular flexibility index (Phi) is 5.36. The summed E-state index contributed by atoms with van der Waals surface area (Å²) >= 11 is 0. The largest absolute Gasteiger partial charge is 0.488 e. The average Bonchev–Trinajstić information content (AvgIpc) is 2.58. The molecule has 0 aliphatic carbocycles. The van der Waals surface area contributed by atoms with Gasteiger partial charge < -0.3 is 14.8 Å². The number of nitrogens with zero attached hydrogens (tertiary/aromatic N) is 1. The summed E-state index contributed by atoms with van der Waals surface area (Å²) in [4.78, 5) is 4.55. The highest BCUT2D eigenvalue weighted by Gasteiger charge is 2.16. The Morgan fingerprint density at radius 3 is 2.62 bits per heavy atom. The number of rotatable bonds is 5. The number of nitrogens with one attached hydrogen (secondary N) is 1. The molecule has 0 amide bonds. The second kappa shape index (κ2) is 7.67. The molecule has 1 aliphatic rings. The van der Waals surface area contributed by atoms with E-state index in [2.05, 4.69) is 10.3 Å². The molecule has 0 unspecified atom stereocenters. The smallest absolute Gasteiger partial charge is 0.262 e. The second-order valence-electron chi connectivity index (χ2n) is 6.60. The van der Waals surface area contributed by atoms with Crippen molar-refractivity contribution in [2.45, 2.75) is 33.6 Å². The van der Waals surface area contributed by atoms with E-state index in [1.54, 1.807) is 0 Å². The monoisotopic (exact) mass is 326 g/mol. The first-order valence-electron chi connectivity index (χ1n) is 8.68. The fraction of sp³-hybridized carbons (Fsp3) is 0.450. The molecule has 1 N–H and O–H groups in total. The molecule has 1 atom stereocenters. The van der Waals surface area contributed by atoms with Gasteiger partial charge in [-0.25, -0.2) is 4.98 Å². The van der Waals surface area contributed by atoms with Crippen LogP contribution in [0.5, 0.6) is 17.4 Å². The van der Waals surface area contributed by atoms with Crippen LogP contribution >= 0.6 is 0 Å². The van der Waals surface area contributed by atoms with Crippen molar-refractivity contribution in [1.29, 1.82) is 0 Å². The third-order valence-corrected chi connectivity index (χ3v) is 4.45. The minimum absolute atomic E-state index is 0.549. The first-order chi connectivity index (χ1) is 11.6. The number of pyridine rings is 1. The summed E-state index contributed by atoms with van der Waals surface area (Å²) < 4.78 is 12.2. The van der Waals surface area contributed by atoms with Crippen LogP contribution in [0.3, 0.4) is 0 Å². The minimum Gasteiger partial charge on any atom is -0.488 e. The number of hydrogen-bond acceptors (Lipinski definition) is 4. The maximum atomic E-state index is 6.14. The lowest BCUT2D eigenvalue weighted by atomic mass is 10.0. The number of hydrogen-bond donors (Lipinski definition) is 1. The number of ether oxygens (including phenoxy) is 2. The van der Waals surface area contributed by atoms with Crippen molar-refractivity contribution in [3.8, 4) is 17.4 Å². The first-order valence-corrected chi connectivity index (χ1v) is 8.68. The number of para-hydroxylation sites is 1. The van der Waals surface area contributed by atoms with Crippen LogP contribution in [0.15, 0.2) is 30.3 Å². The molecule has 1 aromatic heterocycles. The van der Waals surface area contributed by atoms with Gasteiger partial charge in [0.25, 0.3) is 5.88 Å². The van der Waals surface area contributed by atoms with Crippen molar-refractivity contribution in [3.05, 3.63) is 47.2 Å². The van der Waals surface area contributed by atoms with Gasteiger partial charge >= 0.3 is 0 Å². The predicted molar refractivity (Wildman–Crippen MR) is 96.1 cm³/mol. The molecule has 1 fully saturated rings. The molecular formula is C20H26N2O2. The fourth-order valence-corrected chi connectivity index (χ4v) is 3.03. The van der Waals surface area contributed by atoms with Crippen molar-refractivity contribution >= 4 is 0 Å². The summed E-state index contributed by atoms with van der Waals surface area (Å²) in [5, 5.41) is 3.42. The van der Waals surface area contributed by atoms with Gasteiger partial charge in [0.15, 0.2) is 5.75 Å². The summed E-state index contributed by atoms with van der Waals surface area (Å²) in [7, 11) is 0. The molecule has 2 aromatic rings. The van der Waals surface area contributed by atoms with E-state index in [-0.39, 0.29) is 0 Å². The van der Waals surface area contributed by atoms with Gasteiger partial charge in [-0.15, -0.1) is 0 Å². The van der Waals surface area contributed by atoms with Crippen molar-refractivity contribution in [1.82, 2.24) is 10.3 Å². The molecule has 1 aromatic carbocycles. The lowest BCUT2D eigenvalue weighted by Gasteiger charge is -2.23. The SMILES string of the molecule is Cc1ccc(OC[C@H]2CCCNC2)c(Oc2c(C)cccc2C)n1. The van der Waals surface area contributed by atoms with Crippen molar-refractivity contribution in [3.63, 3.8) is 0 Å². The van der Waals surface area contributed by atoms with Gasteiger partial charge in [0, 0.05) is 18.2 Å². The number of aryl methyl sites for hydroxylation is 3. The standard InChI is InChI=1S/C20H26N2O2/c1-14-6-4-7-15(2)19(14)24-20-18(10-9-16(3)22-20)23-13-17-8-5-11-21-12-17/h4,6-7,9-10,17,21H,5,8,11-13H2,1-3H3/t17-/m0/s1. The van der Waals surface area contributed by atoms with Crippen LogP contribution in [0.4, 0.5) is 0 Å².